The summed E-state index contributed by atoms with van der Waals surface area (Å²) in [5, 5.41) is 14.1. The van der Waals surface area contributed by atoms with E-state index in [0.29, 0.717) is 10.8 Å². The van der Waals surface area contributed by atoms with Crippen molar-refractivity contribution < 1.29 is 9.84 Å². The highest BCUT2D eigenvalue weighted by molar-refractivity contribution is 9.10. The first-order chi connectivity index (χ1) is 9.92. The molecule has 112 valence electrons. The molecule has 21 heavy (non-hydrogen) atoms. The zero-order valence-corrected chi connectivity index (χ0v) is 14.4. The summed E-state index contributed by atoms with van der Waals surface area (Å²) in [6.07, 6.45) is 0. The molecule has 1 atom stereocenters. The van der Waals surface area contributed by atoms with Gasteiger partial charge >= 0.3 is 0 Å². The zero-order valence-electron chi connectivity index (χ0n) is 12.1. The molecule has 2 rings (SSSR count). The predicted octanol–water partition coefficient (Wildman–Crippen LogP) is 5.30. The second-order valence-corrected chi connectivity index (χ2v) is 6.13. The fraction of sp³-hybridized carbons (Fsp3) is 0.250. The number of benzene rings is 2. The first kappa shape index (κ1) is 16.0. The summed E-state index contributed by atoms with van der Waals surface area (Å²) in [7, 11) is 1.57. The second kappa shape index (κ2) is 6.58. The number of nitrogens with one attached hydrogen (secondary N) is 1. The summed E-state index contributed by atoms with van der Waals surface area (Å²) < 4.78 is 6.03. The predicted molar refractivity (Wildman–Crippen MR) is 90.6 cm³/mol. The molecule has 5 heteroatoms. The number of hydrogen-bond acceptors (Lipinski definition) is 3. The Bertz CT molecular complexity index is 661. The van der Waals surface area contributed by atoms with Crippen LogP contribution in [0, 0.1) is 6.92 Å². The molecule has 1 unspecified atom stereocenters. The van der Waals surface area contributed by atoms with Crippen molar-refractivity contribution in [2.75, 3.05) is 12.4 Å². The van der Waals surface area contributed by atoms with Crippen LogP contribution in [0.3, 0.4) is 0 Å². The maximum atomic E-state index is 10.1. The van der Waals surface area contributed by atoms with Crippen molar-refractivity contribution >= 4 is 33.2 Å². The number of aryl methyl sites for hydroxylation is 1. The Morgan fingerprint density at radius 3 is 2.62 bits per heavy atom. The van der Waals surface area contributed by atoms with Gasteiger partial charge in [0.05, 0.1) is 18.8 Å². The molecule has 0 aliphatic rings. The maximum Gasteiger partial charge on any atom is 0.124 e. The highest BCUT2D eigenvalue weighted by Gasteiger charge is 2.13. The fourth-order valence-electron chi connectivity index (χ4n) is 2.08. The number of rotatable bonds is 4. The molecule has 0 spiro atoms. The molecule has 2 N–H and O–H groups in total. The van der Waals surface area contributed by atoms with Crippen LogP contribution < -0.4 is 10.1 Å². The van der Waals surface area contributed by atoms with E-state index in [0.717, 1.165) is 21.3 Å². The molecule has 0 radical (unpaired) electrons. The lowest BCUT2D eigenvalue weighted by Crippen LogP contribution is -2.07. The van der Waals surface area contributed by atoms with Crippen molar-refractivity contribution in [2.24, 2.45) is 0 Å². The zero-order chi connectivity index (χ0) is 15.6. The van der Waals surface area contributed by atoms with E-state index in [1.165, 1.54) is 0 Å². The first-order valence-corrected chi connectivity index (χ1v) is 7.68. The maximum absolute atomic E-state index is 10.1. The average Bonchev–Trinajstić information content (AvgIpc) is 2.44. The Morgan fingerprint density at radius 1 is 1.29 bits per heavy atom. The molecule has 0 saturated carbocycles. The van der Waals surface area contributed by atoms with Crippen LogP contribution in [-0.4, -0.2) is 12.2 Å². The van der Waals surface area contributed by atoms with Crippen LogP contribution in [0.2, 0.25) is 5.02 Å². The molecule has 0 saturated heterocycles. The number of halogens is 2. The van der Waals surface area contributed by atoms with Crippen LogP contribution in [0.4, 0.5) is 5.69 Å². The highest BCUT2D eigenvalue weighted by atomic mass is 79.9. The molecule has 3 nitrogen and oxygen atoms in total. The topological polar surface area (TPSA) is 41.5 Å². The molecule has 0 fully saturated rings. The molecule has 2 aromatic rings. The summed E-state index contributed by atoms with van der Waals surface area (Å²) in [5.41, 5.74) is 2.68. The summed E-state index contributed by atoms with van der Waals surface area (Å²) in [4.78, 5) is 0. The summed E-state index contributed by atoms with van der Waals surface area (Å²) in [6, 6.07) is 9.03. The van der Waals surface area contributed by atoms with Crippen molar-refractivity contribution in [1.82, 2.24) is 0 Å². The Kier molecular flexibility index (Phi) is 5.01. The Balaban J connectivity index is 2.26. The van der Waals surface area contributed by atoms with Gasteiger partial charge in [-0.3, -0.25) is 0 Å². The van der Waals surface area contributed by atoms with Crippen LogP contribution in [0.1, 0.15) is 24.1 Å². The lowest BCUT2D eigenvalue weighted by Gasteiger charge is -2.19. The molecule has 0 heterocycles. The van der Waals surface area contributed by atoms with Gasteiger partial charge in [-0.25, -0.2) is 0 Å². The largest absolute Gasteiger partial charge is 0.507 e. The van der Waals surface area contributed by atoms with Gasteiger partial charge in [-0.1, -0.05) is 11.6 Å². The van der Waals surface area contributed by atoms with Crippen LogP contribution in [0.15, 0.2) is 34.8 Å². The van der Waals surface area contributed by atoms with E-state index >= 15 is 0 Å². The highest BCUT2D eigenvalue weighted by Crippen LogP contribution is 2.34. The van der Waals surface area contributed by atoms with E-state index in [1.54, 1.807) is 13.2 Å². The molecule has 0 aromatic heterocycles. The van der Waals surface area contributed by atoms with Crippen LogP contribution >= 0.6 is 27.5 Å². The van der Waals surface area contributed by atoms with Gasteiger partial charge in [0.25, 0.3) is 0 Å². The molecule has 0 amide bonds. The normalized spacial score (nSPS) is 12.0. The van der Waals surface area contributed by atoms with Crippen molar-refractivity contribution in [3.63, 3.8) is 0 Å². The van der Waals surface area contributed by atoms with E-state index in [1.807, 2.05) is 38.1 Å². The second-order valence-electron chi connectivity index (χ2n) is 4.87. The molecular formula is C16H17BrClNO2. The third-order valence-corrected chi connectivity index (χ3v) is 4.39. The van der Waals surface area contributed by atoms with Gasteiger partial charge in [-0.2, -0.15) is 0 Å². The van der Waals surface area contributed by atoms with Crippen molar-refractivity contribution in [2.45, 2.75) is 19.9 Å². The Labute approximate surface area is 138 Å². The van der Waals surface area contributed by atoms with E-state index in [-0.39, 0.29) is 11.8 Å². The SMILES string of the molecule is COc1ccc(C(C)Nc2cc(Cl)c(C)cc2Br)c(O)c1. The van der Waals surface area contributed by atoms with Crippen molar-refractivity contribution in [3.05, 3.63) is 51.0 Å². The molecular weight excluding hydrogens is 354 g/mol. The van der Waals surface area contributed by atoms with Gasteiger partial charge in [0.2, 0.25) is 0 Å². The lowest BCUT2D eigenvalue weighted by atomic mass is 10.1. The number of hydrogen-bond donors (Lipinski definition) is 2. The summed E-state index contributed by atoms with van der Waals surface area (Å²) in [5.74, 6) is 0.826. The fourth-order valence-corrected chi connectivity index (χ4v) is 2.82. The summed E-state index contributed by atoms with van der Waals surface area (Å²) in [6.45, 7) is 3.93. The third kappa shape index (κ3) is 3.63. The van der Waals surface area contributed by atoms with Crippen molar-refractivity contribution in [3.8, 4) is 11.5 Å². The molecule has 0 bridgehead atoms. The number of methoxy groups -OCH3 is 1. The van der Waals surface area contributed by atoms with Gasteiger partial charge in [-0.05, 0) is 59.6 Å². The number of ether oxygens (including phenoxy) is 1. The van der Waals surface area contributed by atoms with Gasteiger partial charge in [0.15, 0.2) is 0 Å². The van der Waals surface area contributed by atoms with E-state index in [2.05, 4.69) is 21.2 Å². The van der Waals surface area contributed by atoms with Gasteiger partial charge in [0.1, 0.15) is 11.5 Å². The molecule has 2 aromatic carbocycles. The quantitative estimate of drug-likeness (QED) is 0.767. The number of phenolic OH excluding ortho intramolecular Hbond substituents is 1. The smallest absolute Gasteiger partial charge is 0.124 e. The minimum absolute atomic E-state index is 0.0778. The van der Waals surface area contributed by atoms with E-state index in [9.17, 15) is 5.11 Å². The average molecular weight is 371 g/mol. The Morgan fingerprint density at radius 2 is 2.00 bits per heavy atom. The minimum atomic E-state index is -0.0778. The number of aromatic hydroxyl groups is 1. The molecule has 0 aliphatic carbocycles. The van der Waals surface area contributed by atoms with Crippen LogP contribution in [-0.2, 0) is 0 Å². The van der Waals surface area contributed by atoms with Gasteiger partial charge in [-0.15, -0.1) is 0 Å². The number of phenols is 1. The lowest BCUT2D eigenvalue weighted by molar-refractivity contribution is 0.406. The van der Waals surface area contributed by atoms with Crippen LogP contribution in [0.25, 0.3) is 0 Å². The molecule has 0 aliphatic heterocycles. The number of anilines is 1. The van der Waals surface area contributed by atoms with Gasteiger partial charge < -0.3 is 15.2 Å². The third-order valence-electron chi connectivity index (χ3n) is 3.32. The first-order valence-electron chi connectivity index (χ1n) is 6.51. The van der Waals surface area contributed by atoms with E-state index < -0.39 is 0 Å². The Hall–Kier alpha value is -1.39. The van der Waals surface area contributed by atoms with Crippen LogP contribution in [0.5, 0.6) is 11.5 Å². The standard InChI is InChI=1S/C16H17BrClNO2/c1-9-6-13(17)15(8-14(9)18)19-10(2)12-5-4-11(21-3)7-16(12)20/h4-8,10,19-20H,1-3H3. The summed E-state index contributed by atoms with van der Waals surface area (Å²) >= 11 is 9.68. The monoisotopic (exact) mass is 369 g/mol. The van der Waals surface area contributed by atoms with E-state index in [4.69, 9.17) is 16.3 Å². The van der Waals surface area contributed by atoms with Gasteiger partial charge in [0, 0.05) is 21.1 Å². The minimum Gasteiger partial charge on any atom is -0.507 e. The van der Waals surface area contributed by atoms with Crippen molar-refractivity contribution in [1.29, 1.82) is 0 Å².